The van der Waals surface area contributed by atoms with Crippen molar-refractivity contribution in [3.8, 4) is 0 Å². The van der Waals surface area contributed by atoms with Crippen molar-refractivity contribution in [3.05, 3.63) is 53.9 Å². The quantitative estimate of drug-likeness (QED) is 0.888. The molecule has 134 valence electrons. The van der Waals surface area contributed by atoms with E-state index in [-0.39, 0.29) is 12.5 Å². The van der Waals surface area contributed by atoms with Gasteiger partial charge in [-0.2, -0.15) is 18.3 Å². The number of halogens is 3. The molecule has 3 rings (SSSR count). The number of hydrogen-bond donors (Lipinski definition) is 2. The number of benzene rings is 1. The van der Waals surface area contributed by atoms with E-state index in [1.165, 1.54) is 12.1 Å². The minimum atomic E-state index is -4.36. The summed E-state index contributed by atoms with van der Waals surface area (Å²) in [6.07, 6.45) is 0.248. The average Bonchev–Trinajstić information content (AvgIpc) is 3.15. The number of aromatic nitrogens is 2. The Kier molecular flexibility index (Phi) is 4.80. The molecule has 1 amide bonds. The summed E-state index contributed by atoms with van der Waals surface area (Å²) in [5, 5.41) is 10.3. The summed E-state index contributed by atoms with van der Waals surface area (Å²) in [6.45, 7) is 1.58. The first-order valence-corrected chi connectivity index (χ1v) is 8.07. The fourth-order valence-corrected chi connectivity index (χ4v) is 3.08. The van der Waals surface area contributed by atoms with Crippen LogP contribution < -0.4 is 10.6 Å². The molecule has 1 aromatic carbocycles. The number of alkyl halides is 3. The maximum atomic E-state index is 12.8. The molecule has 1 aliphatic rings. The summed E-state index contributed by atoms with van der Waals surface area (Å²) in [5.41, 5.74) is -0.847. The summed E-state index contributed by atoms with van der Waals surface area (Å²) in [7, 11) is 0. The predicted molar refractivity (Wildman–Crippen MR) is 85.6 cm³/mol. The highest BCUT2D eigenvalue weighted by Crippen LogP contribution is 2.29. The van der Waals surface area contributed by atoms with E-state index in [4.69, 9.17) is 0 Å². The first kappa shape index (κ1) is 17.5. The minimum Gasteiger partial charge on any atom is -0.350 e. The maximum Gasteiger partial charge on any atom is 0.416 e. The maximum absolute atomic E-state index is 12.8. The van der Waals surface area contributed by atoms with Crippen LogP contribution in [0, 0.1) is 0 Å². The first-order valence-electron chi connectivity index (χ1n) is 8.07. The van der Waals surface area contributed by atoms with Crippen molar-refractivity contribution in [2.24, 2.45) is 0 Å². The molecule has 1 fully saturated rings. The minimum absolute atomic E-state index is 0.169. The van der Waals surface area contributed by atoms with Gasteiger partial charge in [0.25, 0.3) is 0 Å². The highest BCUT2D eigenvalue weighted by Gasteiger charge is 2.41. The van der Waals surface area contributed by atoms with Gasteiger partial charge >= 0.3 is 6.18 Å². The average molecular weight is 352 g/mol. The molecule has 0 atom stereocenters. The van der Waals surface area contributed by atoms with Crippen molar-refractivity contribution < 1.29 is 18.0 Å². The summed E-state index contributed by atoms with van der Waals surface area (Å²) in [5.74, 6) is -0.169. The first-order chi connectivity index (χ1) is 11.9. The summed E-state index contributed by atoms with van der Waals surface area (Å²) in [6, 6.07) is 6.58. The lowest BCUT2D eigenvalue weighted by atomic mass is 9.87. The Labute approximate surface area is 143 Å². The van der Waals surface area contributed by atoms with E-state index in [9.17, 15) is 18.0 Å². The molecule has 5 nitrogen and oxygen atoms in total. The Bertz CT molecular complexity index is 704. The van der Waals surface area contributed by atoms with Crippen LogP contribution in [0.1, 0.15) is 24.0 Å². The van der Waals surface area contributed by atoms with Gasteiger partial charge in [-0.3, -0.25) is 9.48 Å². The van der Waals surface area contributed by atoms with Crippen LogP contribution in [-0.4, -0.2) is 28.8 Å². The van der Waals surface area contributed by atoms with Crippen molar-refractivity contribution in [1.82, 2.24) is 20.4 Å². The fraction of sp³-hybridized carbons (Fsp3) is 0.412. The number of carbonyl (C=O) groups is 1. The molecule has 8 heteroatoms. The Morgan fingerprint density at radius 3 is 2.48 bits per heavy atom. The third-order valence-corrected chi connectivity index (χ3v) is 4.53. The molecule has 2 heterocycles. The molecule has 1 aliphatic heterocycles. The highest BCUT2D eigenvalue weighted by molar-refractivity contribution is 5.84. The Morgan fingerprint density at radius 1 is 1.24 bits per heavy atom. The Balaban J connectivity index is 1.70. The molecule has 0 spiro atoms. The largest absolute Gasteiger partial charge is 0.416 e. The smallest absolute Gasteiger partial charge is 0.350 e. The summed E-state index contributed by atoms with van der Waals surface area (Å²) in [4.78, 5) is 12.8. The number of nitrogens with one attached hydrogen (secondary N) is 2. The van der Waals surface area contributed by atoms with Crippen LogP contribution in [0.2, 0.25) is 0 Å². The van der Waals surface area contributed by atoms with Crippen LogP contribution >= 0.6 is 0 Å². The van der Waals surface area contributed by atoms with Crippen LogP contribution in [0.4, 0.5) is 13.2 Å². The standard InChI is InChI=1S/C17H19F3N4O/c18-17(19,20)14-4-2-13(3-5-14)12-22-15(25)16(6-9-21-10-7-16)24-11-1-8-23-24/h1-5,8,11,21H,6-7,9-10,12H2,(H,22,25). The van der Waals surface area contributed by atoms with Crippen LogP contribution in [0.15, 0.2) is 42.7 Å². The van der Waals surface area contributed by atoms with Crippen molar-refractivity contribution in [3.63, 3.8) is 0 Å². The van der Waals surface area contributed by atoms with E-state index < -0.39 is 17.3 Å². The molecular weight excluding hydrogens is 333 g/mol. The van der Waals surface area contributed by atoms with Gasteiger partial charge in [-0.05, 0) is 49.7 Å². The molecule has 0 aliphatic carbocycles. The van der Waals surface area contributed by atoms with Crippen molar-refractivity contribution in [1.29, 1.82) is 0 Å². The van der Waals surface area contributed by atoms with E-state index in [0.29, 0.717) is 31.5 Å². The van der Waals surface area contributed by atoms with Gasteiger partial charge in [-0.25, -0.2) is 0 Å². The predicted octanol–water partition coefficient (Wildman–Crippen LogP) is 2.30. The number of hydrogen-bond acceptors (Lipinski definition) is 3. The normalized spacial score (nSPS) is 17.2. The van der Waals surface area contributed by atoms with Crippen molar-refractivity contribution in [2.75, 3.05) is 13.1 Å². The second-order valence-corrected chi connectivity index (χ2v) is 6.11. The van der Waals surface area contributed by atoms with Crippen LogP contribution in [0.3, 0.4) is 0 Å². The summed E-state index contributed by atoms with van der Waals surface area (Å²) >= 11 is 0. The van der Waals surface area contributed by atoms with Gasteiger partial charge < -0.3 is 10.6 Å². The van der Waals surface area contributed by atoms with Gasteiger partial charge in [-0.1, -0.05) is 12.1 Å². The lowest BCUT2D eigenvalue weighted by Gasteiger charge is -2.36. The molecule has 2 N–H and O–H groups in total. The fourth-order valence-electron chi connectivity index (χ4n) is 3.08. The number of rotatable bonds is 4. The Morgan fingerprint density at radius 2 is 1.92 bits per heavy atom. The van der Waals surface area contributed by atoms with Crippen LogP contribution in [-0.2, 0) is 23.1 Å². The third-order valence-electron chi connectivity index (χ3n) is 4.53. The van der Waals surface area contributed by atoms with Crippen LogP contribution in [0.25, 0.3) is 0 Å². The van der Waals surface area contributed by atoms with Crippen LogP contribution in [0.5, 0.6) is 0 Å². The zero-order valence-corrected chi connectivity index (χ0v) is 13.5. The molecular formula is C17H19F3N4O. The highest BCUT2D eigenvalue weighted by atomic mass is 19.4. The zero-order chi connectivity index (χ0) is 17.9. The molecule has 0 bridgehead atoms. The monoisotopic (exact) mass is 352 g/mol. The lowest BCUT2D eigenvalue weighted by molar-refractivity contribution is -0.137. The van der Waals surface area contributed by atoms with E-state index in [1.807, 2.05) is 0 Å². The van der Waals surface area contributed by atoms with E-state index in [2.05, 4.69) is 15.7 Å². The molecule has 1 aromatic heterocycles. The van der Waals surface area contributed by atoms with Gasteiger partial charge in [0.2, 0.25) is 5.91 Å². The second-order valence-electron chi connectivity index (χ2n) is 6.11. The number of nitrogens with zero attached hydrogens (tertiary/aromatic N) is 2. The molecule has 1 saturated heterocycles. The second kappa shape index (κ2) is 6.87. The van der Waals surface area contributed by atoms with Crippen molar-refractivity contribution >= 4 is 5.91 Å². The van der Waals surface area contributed by atoms with Crippen molar-refractivity contribution in [2.45, 2.75) is 31.1 Å². The summed E-state index contributed by atoms with van der Waals surface area (Å²) < 4.78 is 39.5. The van der Waals surface area contributed by atoms with Gasteiger partial charge in [0, 0.05) is 18.9 Å². The SMILES string of the molecule is O=C(NCc1ccc(C(F)(F)F)cc1)C1(n2cccn2)CCNCC1. The van der Waals surface area contributed by atoms with E-state index in [1.54, 1.807) is 23.1 Å². The topological polar surface area (TPSA) is 59.0 Å². The van der Waals surface area contributed by atoms with Gasteiger partial charge in [0.1, 0.15) is 5.54 Å². The van der Waals surface area contributed by atoms with Gasteiger partial charge in [0.15, 0.2) is 0 Å². The van der Waals surface area contributed by atoms with E-state index >= 15 is 0 Å². The molecule has 25 heavy (non-hydrogen) atoms. The lowest BCUT2D eigenvalue weighted by Crippen LogP contribution is -2.54. The molecule has 0 radical (unpaired) electrons. The zero-order valence-electron chi connectivity index (χ0n) is 13.5. The third kappa shape index (κ3) is 3.68. The van der Waals surface area contributed by atoms with Gasteiger partial charge in [0.05, 0.1) is 5.56 Å². The number of piperidine rings is 1. The number of amides is 1. The molecule has 2 aromatic rings. The number of carbonyl (C=O) groups excluding carboxylic acids is 1. The van der Waals surface area contributed by atoms with E-state index in [0.717, 1.165) is 12.1 Å². The van der Waals surface area contributed by atoms with Gasteiger partial charge in [-0.15, -0.1) is 0 Å². The molecule has 0 saturated carbocycles. The molecule has 0 unspecified atom stereocenters. The Hall–Kier alpha value is -2.35.